The Hall–Kier alpha value is -2.21. The Morgan fingerprint density at radius 1 is 1.25 bits per heavy atom. The van der Waals surface area contributed by atoms with E-state index in [1.807, 2.05) is 0 Å². The maximum Gasteiger partial charge on any atom is 0.293 e. The van der Waals surface area contributed by atoms with Crippen molar-refractivity contribution in [2.75, 3.05) is 13.6 Å². The summed E-state index contributed by atoms with van der Waals surface area (Å²) in [4.78, 5) is 18.0. The number of likely N-dealkylation sites (N-methyl/N-ethyl adjacent to an activating group) is 1. The van der Waals surface area contributed by atoms with Crippen LogP contribution in [0.5, 0.6) is 0 Å². The lowest BCUT2D eigenvalue weighted by atomic mass is 9.71. The molecule has 148 valence electrons. The molecular weight excluding hydrogens is 357 g/mol. The summed E-state index contributed by atoms with van der Waals surface area (Å²) in [6.45, 7) is 3.27. The van der Waals surface area contributed by atoms with Crippen LogP contribution in [0.1, 0.15) is 49.6 Å². The lowest BCUT2D eigenvalue weighted by Crippen LogP contribution is -2.51. The first-order valence-electron chi connectivity index (χ1n) is 10.2. The Morgan fingerprint density at radius 3 is 2.82 bits per heavy atom. The van der Waals surface area contributed by atoms with E-state index < -0.39 is 0 Å². The van der Waals surface area contributed by atoms with E-state index in [0.29, 0.717) is 17.3 Å². The lowest BCUT2D eigenvalue weighted by Gasteiger charge is -2.44. The van der Waals surface area contributed by atoms with Crippen LogP contribution in [-0.4, -0.2) is 52.6 Å². The molecule has 28 heavy (non-hydrogen) atoms. The van der Waals surface area contributed by atoms with Gasteiger partial charge in [-0.25, -0.2) is 4.39 Å². The highest BCUT2D eigenvalue weighted by Gasteiger charge is 2.59. The number of aromatic nitrogens is 1. The third-order valence-electron chi connectivity index (χ3n) is 7.24. The standard InChI is InChI=1S/C22H26FN3O2/c1-22-12-16-13-25(2)19(22)8-3-4-9-20(22)26(16)21(27)18-11-17(24-28-18)14-6-5-7-15(23)10-14/h5-7,10-11,16,19-20H,3-4,8-9,12-13H2,1-2H3/t16-,19+,20-,22+/m0/s1. The van der Waals surface area contributed by atoms with Crippen LogP contribution in [-0.2, 0) is 0 Å². The van der Waals surface area contributed by atoms with E-state index in [1.165, 1.54) is 25.0 Å². The zero-order valence-electron chi connectivity index (χ0n) is 16.4. The van der Waals surface area contributed by atoms with Gasteiger partial charge in [0.15, 0.2) is 0 Å². The zero-order valence-corrected chi connectivity index (χ0v) is 16.4. The van der Waals surface area contributed by atoms with Crippen molar-refractivity contribution in [2.24, 2.45) is 5.41 Å². The van der Waals surface area contributed by atoms with Crippen LogP contribution in [0, 0.1) is 11.2 Å². The van der Waals surface area contributed by atoms with E-state index in [2.05, 4.69) is 28.9 Å². The molecule has 3 aliphatic rings. The van der Waals surface area contributed by atoms with E-state index in [0.717, 1.165) is 25.8 Å². The average molecular weight is 383 g/mol. The number of amides is 1. The number of hydrogen-bond donors (Lipinski definition) is 0. The van der Waals surface area contributed by atoms with Crippen LogP contribution in [0.2, 0.25) is 0 Å². The van der Waals surface area contributed by atoms with Crippen molar-refractivity contribution >= 4 is 5.91 Å². The van der Waals surface area contributed by atoms with Gasteiger partial charge in [0, 0.05) is 41.7 Å². The van der Waals surface area contributed by atoms with Gasteiger partial charge in [0.2, 0.25) is 5.76 Å². The van der Waals surface area contributed by atoms with Gasteiger partial charge in [0.1, 0.15) is 11.5 Å². The Bertz CT molecular complexity index is 913. The number of halogens is 1. The monoisotopic (exact) mass is 383 g/mol. The number of likely N-dealkylation sites (tertiary alicyclic amines) is 2. The molecule has 3 fully saturated rings. The van der Waals surface area contributed by atoms with Gasteiger partial charge >= 0.3 is 0 Å². The van der Waals surface area contributed by atoms with Gasteiger partial charge in [-0.1, -0.05) is 37.1 Å². The predicted molar refractivity (Wildman–Crippen MR) is 103 cm³/mol. The fraction of sp³-hybridized carbons (Fsp3) is 0.545. The van der Waals surface area contributed by atoms with Crippen molar-refractivity contribution in [3.05, 3.63) is 41.9 Å². The summed E-state index contributed by atoms with van der Waals surface area (Å²) in [5, 5.41) is 4.04. The van der Waals surface area contributed by atoms with Gasteiger partial charge in [-0.2, -0.15) is 0 Å². The molecule has 5 rings (SSSR count). The molecule has 1 aliphatic carbocycles. The summed E-state index contributed by atoms with van der Waals surface area (Å²) >= 11 is 0. The number of piperidine rings is 1. The summed E-state index contributed by atoms with van der Waals surface area (Å²) in [7, 11) is 2.20. The molecular formula is C22H26FN3O2. The minimum atomic E-state index is -0.331. The van der Waals surface area contributed by atoms with E-state index in [4.69, 9.17) is 4.52 Å². The van der Waals surface area contributed by atoms with Crippen molar-refractivity contribution in [3.8, 4) is 11.3 Å². The van der Waals surface area contributed by atoms with Crippen molar-refractivity contribution in [3.63, 3.8) is 0 Å². The van der Waals surface area contributed by atoms with Gasteiger partial charge in [0.25, 0.3) is 5.91 Å². The van der Waals surface area contributed by atoms with Crippen molar-refractivity contribution in [1.29, 1.82) is 0 Å². The number of nitrogens with zero attached hydrogens (tertiary/aromatic N) is 3. The van der Waals surface area contributed by atoms with Crippen LogP contribution >= 0.6 is 0 Å². The van der Waals surface area contributed by atoms with Gasteiger partial charge in [-0.15, -0.1) is 0 Å². The van der Waals surface area contributed by atoms with Gasteiger partial charge in [0.05, 0.1) is 0 Å². The van der Waals surface area contributed by atoms with Crippen LogP contribution in [0.15, 0.2) is 34.9 Å². The number of rotatable bonds is 2. The minimum Gasteiger partial charge on any atom is -0.350 e. The molecule has 1 saturated carbocycles. The first-order chi connectivity index (χ1) is 13.5. The van der Waals surface area contributed by atoms with Crippen molar-refractivity contribution in [2.45, 2.75) is 57.2 Å². The molecule has 4 atom stereocenters. The normalized spacial score (nSPS) is 32.4. The smallest absolute Gasteiger partial charge is 0.293 e. The third kappa shape index (κ3) is 2.61. The summed E-state index contributed by atoms with van der Waals surface area (Å²) in [5.74, 6) is -0.161. The number of carbonyl (C=O) groups excluding carboxylic acids is 1. The summed E-state index contributed by atoms with van der Waals surface area (Å²) in [6, 6.07) is 8.83. The number of carbonyl (C=O) groups is 1. The highest BCUT2D eigenvalue weighted by atomic mass is 19.1. The number of fused-ring (bicyclic) bond motifs is 1. The fourth-order valence-electron chi connectivity index (χ4n) is 6.08. The molecule has 2 bridgehead atoms. The average Bonchev–Trinajstić information content (AvgIpc) is 3.19. The quantitative estimate of drug-likeness (QED) is 0.788. The maximum absolute atomic E-state index is 13.5. The molecule has 5 nitrogen and oxygen atoms in total. The largest absolute Gasteiger partial charge is 0.350 e. The maximum atomic E-state index is 13.5. The topological polar surface area (TPSA) is 49.6 Å². The number of hydrogen-bond acceptors (Lipinski definition) is 4. The van der Waals surface area contributed by atoms with E-state index in [1.54, 1.807) is 18.2 Å². The Balaban J connectivity index is 1.47. The molecule has 1 aromatic carbocycles. The van der Waals surface area contributed by atoms with Gasteiger partial charge < -0.3 is 14.3 Å². The van der Waals surface area contributed by atoms with Crippen molar-refractivity contribution in [1.82, 2.24) is 15.0 Å². The van der Waals surface area contributed by atoms with Gasteiger partial charge in [-0.3, -0.25) is 4.79 Å². The van der Waals surface area contributed by atoms with Crippen LogP contribution < -0.4 is 0 Å². The van der Waals surface area contributed by atoms with E-state index in [-0.39, 0.29) is 35.0 Å². The van der Waals surface area contributed by atoms with Gasteiger partial charge in [-0.05, 0) is 38.4 Å². The van der Waals surface area contributed by atoms with Crippen LogP contribution in [0.4, 0.5) is 4.39 Å². The lowest BCUT2D eigenvalue weighted by molar-refractivity contribution is 0.0565. The van der Waals surface area contributed by atoms with E-state index >= 15 is 0 Å². The second-order valence-corrected chi connectivity index (χ2v) is 8.92. The fourth-order valence-corrected chi connectivity index (χ4v) is 6.08. The molecule has 0 radical (unpaired) electrons. The minimum absolute atomic E-state index is 0.0789. The molecule has 2 aliphatic heterocycles. The van der Waals surface area contributed by atoms with Crippen molar-refractivity contribution < 1.29 is 13.7 Å². The Morgan fingerprint density at radius 2 is 2.04 bits per heavy atom. The number of benzene rings is 1. The molecule has 0 unspecified atom stereocenters. The Labute approximate surface area is 164 Å². The predicted octanol–water partition coefficient (Wildman–Crippen LogP) is 3.96. The highest BCUT2D eigenvalue weighted by Crippen LogP contribution is 2.53. The zero-order chi connectivity index (χ0) is 19.5. The molecule has 0 N–H and O–H groups in total. The van der Waals surface area contributed by atoms with E-state index in [9.17, 15) is 9.18 Å². The third-order valence-corrected chi connectivity index (χ3v) is 7.24. The molecule has 2 aromatic rings. The highest BCUT2D eigenvalue weighted by molar-refractivity contribution is 5.93. The summed E-state index contributed by atoms with van der Waals surface area (Å²) in [6.07, 6.45) is 5.70. The molecule has 1 amide bonds. The molecule has 0 spiro atoms. The van der Waals surface area contributed by atoms with Crippen LogP contribution in [0.25, 0.3) is 11.3 Å². The molecule has 6 heteroatoms. The molecule has 3 heterocycles. The summed E-state index contributed by atoms with van der Waals surface area (Å²) in [5.41, 5.74) is 1.24. The SMILES string of the molecule is CN1C[C@@H]2C[C@@]3(C)[C@H](CCCC[C@@H]13)N2C(=O)c1cc(-c2cccc(F)c2)no1. The second-order valence-electron chi connectivity index (χ2n) is 8.92. The second kappa shape index (κ2) is 6.41. The first-order valence-corrected chi connectivity index (χ1v) is 10.2. The molecule has 2 saturated heterocycles. The first kappa shape index (κ1) is 17.9. The molecule has 1 aromatic heterocycles. The van der Waals surface area contributed by atoms with Crippen LogP contribution in [0.3, 0.4) is 0 Å². The Kier molecular flexibility index (Phi) is 4.09. The summed E-state index contributed by atoms with van der Waals surface area (Å²) < 4.78 is 19.0.